The van der Waals surface area contributed by atoms with Gasteiger partial charge in [0.05, 0.1) is 0 Å². The number of rotatable bonds is 2. The lowest BCUT2D eigenvalue weighted by Gasteiger charge is -1.86. The van der Waals surface area contributed by atoms with Gasteiger partial charge in [-0.15, -0.1) is 0 Å². The third kappa shape index (κ3) is 22.5. The molecule has 72 valence electrons. The van der Waals surface area contributed by atoms with Crippen LogP contribution in [0.25, 0.3) is 0 Å². The first kappa shape index (κ1) is 14.6. The van der Waals surface area contributed by atoms with Crippen LogP contribution in [0.4, 0.5) is 0 Å². The fourth-order valence-electron chi connectivity index (χ4n) is 0.291. The zero-order valence-corrected chi connectivity index (χ0v) is 9.73. The Balaban J connectivity index is 0. The fraction of sp³-hybridized carbons (Fsp3) is 0.600. The molecule has 0 bridgehead atoms. The highest BCUT2D eigenvalue weighted by Gasteiger charge is 1.77. The molecule has 0 radical (unpaired) electrons. The molecule has 0 N–H and O–H groups in total. The monoisotopic (exact) mass is 208 g/mol. The molecule has 0 aromatic heterocycles. The normalized spacial score (nSPS) is 11.3. The van der Waals surface area contributed by atoms with E-state index < -0.39 is 0 Å². The summed E-state index contributed by atoms with van der Waals surface area (Å²) in [5, 5.41) is 0. The van der Waals surface area contributed by atoms with Gasteiger partial charge in [-0.3, -0.25) is 0 Å². The quantitative estimate of drug-likeness (QED) is 0.613. The second-order valence-electron chi connectivity index (χ2n) is 3.12. The highest BCUT2D eigenvalue weighted by Crippen LogP contribution is 1.93. The van der Waals surface area contributed by atoms with Gasteiger partial charge in [-0.25, -0.2) is 0 Å². The van der Waals surface area contributed by atoms with Crippen LogP contribution in [0.2, 0.25) is 0 Å². The van der Waals surface area contributed by atoms with Gasteiger partial charge in [0.15, 0.2) is 0 Å². The van der Waals surface area contributed by atoms with Crippen molar-refractivity contribution in [2.24, 2.45) is 11.8 Å². The van der Waals surface area contributed by atoms with E-state index >= 15 is 0 Å². The van der Waals surface area contributed by atoms with E-state index in [1.807, 2.05) is 12.2 Å². The molecule has 0 saturated carbocycles. The Morgan fingerprint density at radius 1 is 0.750 bits per heavy atom. The summed E-state index contributed by atoms with van der Waals surface area (Å²) in [5.74, 6) is 1.17. The standard InChI is InChI=1S/2C5H9Cl/c2*1-5(2)3-4-6/h2*3-5H,1-2H3/b2*4-3+. The van der Waals surface area contributed by atoms with Gasteiger partial charge in [0, 0.05) is 11.1 Å². The number of halogens is 2. The van der Waals surface area contributed by atoms with Crippen molar-refractivity contribution in [3.05, 3.63) is 23.2 Å². The number of allylic oxidation sites excluding steroid dienone is 2. The summed E-state index contributed by atoms with van der Waals surface area (Å²) in [6, 6.07) is 0. The van der Waals surface area contributed by atoms with Crippen LogP contribution in [0.5, 0.6) is 0 Å². The Labute approximate surface area is 86.3 Å². The lowest BCUT2D eigenvalue weighted by Crippen LogP contribution is -1.72. The molecule has 12 heavy (non-hydrogen) atoms. The van der Waals surface area contributed by atoms with E-state index in [2.05, 4.69) is 27.7 Å². The molecule has 0 heterocycles. The lowest BCUT2D eigenvalue weighted by molar-refractivity contribution is 0.833. The molecule has 0 aliphatic heterocycles. The maximum atomic E-state index is 5.22. The van der Waals surface area contributed by atoms with Crippen molar-refractivity contribution in [1.82, 2.24) is 0 Å². The summed E-state index contributed by atoms with van der Waals surface area (Å²) in [6.45, 7) is 8.33. The molecule has 2 heteroatoms. The predicted molar refractivity (Wildman–Crippen MR) is 59.7 cm³/mol. The molecule has 0 rings (SSSR count). The summed E-state index contributed by atoms with van der Waals surface area (Å²) in [7, 11) is 0. The van der Waals surface area contributed by atoms with Crippen LogP contribution in [0.1, 0.15) is 27.7 Å². The Morgan fingerprint density at radius 3 is 1.00 bits per heavy atom. The molecule has 0 atom stereocenters. The predicted octanol–water partition coefficient (Wildman–Crippen LogP) is 4.79. The molecule has 0 fully saturated rings. The van der Waals surface area contributed by atoms with Gasteiger partial charge in [-0.05, 0) is 11.8 Å². The first-order chi connectivity index (χ1) is 5.54. The van der Waals surface area contributed by atoms with Crippen LogP contribution >= 0.6 is 23.2 Å². The lowest BCUT2D eigenvalue weighted by atomic mass is 10.2. The zero-order chi connectivity index (χ0) is 9.98. The maximum absolute atomic E-state index is 5.22. The van der Waals surface area contributed by atoms with E-state index in [0.717, 1.165) is 0 Å². The van der Waals surface area contributed by atoms with Crippen LogP contribution < -0.4 is 0 Å². The number of hydrogen-bond donors (Lipinski definition) is 0. The minimum atomic E-state index is 0.586. The molecular weight excluding hydrogens is 191 g/mol. The van der Waals surface area contributed by atoms with Crippen LogP contribution in [-0.4, -0.2) is 0 Å². The van der Waals surface area contributed by atoms with Gasteiger partial charge in [0.25, 0.3) is 0 Å². The molecule has 0 aromatic carbocycles. The molecule has 0 saturated heterocycles. The van der Waals surface area contributed by atoms with E-state index in [0.29, 0.717) is 11.8 Å². The van der Waals surface area contributed by atoms with Crippen LogP contribution in [0.3, 0.4) is 0 Å². The van der Waals surface area contributed by atoms with Crippen LogP contribution in [-0.2, 0) is 0 Å². The SMILES string of the molecule is CC(C)/C=C/Cl.CC(C)/C=C/Cl. The van der Waals surface area contributed by atoms with Crippen LogP contribution in [0, 0.1) is 11.8 Å². The summed E-state index contributed by atoms with van der Waals surface area (Å²) in [5.41, 5.74) is 3.09. The van der Waals surface area contributed by atoms with Gasteiger partial charge in [0.2, 0.25) is 0 Å². The van der Waals surface area contributed by atoms with Crippen molar-refractivity contribution >= 4 is 23.2 Å². The van der Waals surface area contributed by atoms with E-state index in [-0.39, 0.29) is 0 Å². The van der Waals surface area contributed by atoms with E-state index in [1.165, 1.54) is 0 Å². The minimum Gasteiger partial charge on any atom is -0.0933 e. The van der Waals surface area contributed by atoms with Gasteiger partial charge < -0.3 is 0 Å². The highest BCUT2D eigenvalue weighted by molar-refractivity contribution is 6.25. The van der Waals surface area contributed by atoms with Gasteiger partial charge in [-0.2, -0.15) is 0 Å². The molecule has 0 spiro atoms. The summed E-state index contributed by atoms with van der Waals surface area (Å²) >= 11 is 10.4. The highest BCUT2D eigenvalue weighted by atomic mass is 35.5. The second kappa shape index (κ2) is 11.1. The Hall–Kier alpha value is 0.0600. The molecule has 0 amide bonds. The maximum Gasteiger partial charge on any atom is 0.000504 e. The topological polar surface area (TPSA) is 0 Å². The summed E-state index contributed by atoms with van der Waals surface area (Å²) < 4.78 is 0. The first-order valence-electron chi connectivity index (χ1n) is 4.08. The Bertz CT molecular complexity index is 108. The van der Waals surface area contributed by atoms with Crippen molar-refractivity contribution in [2.45, 2.75) is 27.7 Å². The van der Waals surface area contributed by atoms with Gasteiger partial charge in [-0.1, -0.05) is 63.0 Å². The summed E-state index contributed by atoms with van der Waals surface area (Å²) in [4.78, 5) is 0. The van der Waals surface area contributed by atoms with Crippen molar-refractivity contribution in [3.8, 4) is 0 Å². The van der Waals surface area contributed by atoms with Gasteiger partial charge in [0.1, 0.15) is 0 Å². The molecule has 0 aromatic rings. The Kier molecular flexibility index (Phi) is 13.4. The molecular formula is C10H18Cl2. The number of hydrogen-bond acceptors (Lipinski definition) is 0. The minimum absolute atomic E-state index is 0.586. The zero-order valence-electron chi connectivity index (χ0n) is 8.22. The van der Waals surface area contributed by atoms with E-state index in [9.17, 15) is 0 Å². The molecule has 0 nitrogen and oxygen atoms in total. The molecule has 0 aliphatic carbocycles. The van der Waals surface area contributed by atoms with E-state index in [4.69, 9.17) is 23.2 Å². The average Bonchev–Trinajstić information content (AvgIpc) is 1.87. The first-order valence-corrected chi connectivity index (χ1v) is 4.95. The van der Waals surface area contributed by atoms with E-state index in [1.54, 1.807) is 11.1 Å². The van der Waals surface area contributed by atoms with Crippen molar-refractivity contribution < 1.29 is 0 Å². The fourth-order valence-corrected chi connectivity index (χ4v) is 0.873. The smallest absolute Gasteiger partial charge is 0.000504 e. The molecule has 0 unspecified atom stereocenters. The summed E-state index contributed by atoms with van der Waals surface area (Å²) in [6.07, 6.45) is 3.86. The van der Waals surface area contributed by atoms with Crippen molar-refractivity contribution in [2.75, 3.05) is 0 Å². The second-order valence-corrected chi connectivity index (χ2v) is 3.63. The van der Waals surface area contributed by atoms with Gasteiger partial charge >= 0.3 is 0 Å². The van der Waals surface area contributed by atoms with Crippen molar-refractivity contribution in [1.29, 1.82) is 0 Å². The van der Waals surface area contributed by atoms with Crippen LogP contribution in [0.15, 0.2) is 23.2 Å². The third-order valence-corrected chi connectivity index (χ3v) is 1.21. The average molecular weight is 209 g/mol. The Morgan fingerprint density at radius 2 is 1.00 bits per heavy atom. The third-order valence-electron chi connectivity index (χ3n) is 0.915. The largest absolute Gasteiger partial charge is 0.0933 e. The van der Waals surface area contributed by atoms with Crippen molar-refractivity contribution in [3.63, 3.8) is 0 Å². The molecule has 0 aliphatic rings.